The second kappa shape index (κ2) is 12.8. The Kier molecular flexibility index (Phi) is 11.5. The first-order valence-corrected chi connectivity index (χ1v) is 10.7. The molecule has 11 nitrogen and oxygen atoms in total. The van der Waals surface area contributed by atoms with E-state index in [0.717, 1.165) is 17.3 Å². The van der Waals surface area contributed by atoms with Crippen LogP contribution in [-0.2, 0) is 47.6 Å². The van der Waals surface area contributed by atoms with Gasteiger partial charge in [0.1, 0.15) is 19.3 Å². The van der Waals surface area contributed by atoms with Crippen molar-refractivity contribution in [1.29, 1.82) is 0 Å². The molecule has 2 rings (SSSR count). The number of halogens is 1. The lowest BCUT2D eigenvalue weighted by Gasteiger charge is -2.44. The molecule has 0 N–H and O–H groups in total. The predicted molar refractivity (Wildman–Crippen MR) is 108 cm³/mol. The van der Waals surface area contributed by atoms with Crippen LogP contribution in [0.3, 0.4) is 0 Å². The van der Waals surface area contributed by atoms with Crippen molar-refractivity contribution in [2.24, 2.45) is 0 Å². The molecule has 1 unspecified atom stereocenters. The minimum atomic E-state index is -1.22. The number of nitrogens with zero attached hydrogens (tertiary/aromatic N) is 1. The zero-order chi connectivity index (χ0) is 24.1. The summed E-state index contributed by atoms with van der Waals surface area (Å²) in [6.45, 7) is 5.45. The zero-order valence-corrected chi connectivity index (χ0v) is 22.1. The molecular formula is C21H34INO10. The molecule has 0 aromatic heterocycles. The van der Waals surface area contributed by atoms with E-state index in [9.17, 15) is 19.2 Å². The van der Waals surface area contributed by atoms with Crippen molar-refractivity contribution in [3.63, 3.8) is 0 Å². The van der Waals surface area contributed by atoms with Gasteiger partial charge in [0.05, 0.1) is 26.7 Å². The third-order valence-corrected chi connectivity index (χ3v) is 5.43. The van der Waals surface area contributed by atoms with E-state index in [1.54, 1.807) is 0 Å². The van der Waals surface area contributed by atoms with Gasteiger partial charge in [-0.2, -0.15) is 0 Å². The van der Waals surface area contributed by atoms with Crippen LogP contribution < -0.4 is 24.0 Å². The van der Waals surface area contributed by atoms with E-state index in [2.05, 4.69) is 14.1 Å². The molecule has 0 aromatic rings. The van der Waals surface area contributed by atoms with Crippen LogP contribution in [-0.4, -0.2) is 99.0 Å². The third kappa shape index (κ3) is 9.33. The van der Waals surface area contributed by atoms with Gasteiger partial charge in [-0.15, -0.1) is 0 Å². The summed E-state index contributed by atoms with van der Waals surface area (Å²) in [7, 11) is 4.21. The lowest BCUT2D eigenvalue weighted by atomic mass is 9.98. The largest absolute Gasteiger partial charge is 1.00 e. The molecule has 1 aliphatic carbocycles. The van der Waals surface area contributed by atoms with Gasteiger partial charge in [0.15, 0.2) is 24.6 Å². The fourth-order valence-electron chi connectivity index (χ4n) is 3.68. The number of ether oxygens (including phenoxy) is 6. The highest BCUT2D eigenvalue weighted by Crippen LogP contribution is 2.32. The summed E-state index contributed by atoms with van der Waals surface area (Å²) in [6, 6.07) is 0.578. The summed E-state index contributed by atoms with van der Waals surface area (Å²) >= 11 is 0. The van der Waals surface area contributed by atoms with Crippen LogP contribution in [0.2, 0.25) is 0 Å². The lowest BCUT2D eigenvalue weighted by Crippen LogP contribution is -3.00. The van der Waals surface area contributed by atoms with Crippen LogP contribution in [0.5, 0.6) is 0 Å². The number of likely N-dealkylation sites (N-methyl/N-ethyl adjacent to an activating group) is 1. The Morgan fingerprint density at radius 3 is 1.82 bits per heavy atom. The monoisotopic (exact) mass is 587 g/mol. The molecule has 0 spiro atoms. The Labute approximate surface area is 210 Å². The second-order valence-electron chi connectivity index (χ2n) is 8.67. The number of carbonyl (C=O) groups is 4. The average molecular weight is 587 g/mol. The minimum Gasteiger partial charge on any atom is -1.00 e. The summed E-state index contributed by atoms with van der Waals surface area (Å²) in [6.07, 6.45) is -3.40. The minimum absolute atomic E-state index is 0. The fraction of sp³-hybridized carbons (Fsp3) is 0.810. The highest BCUT2D eigenvalue weighted by atomic mass is 127. The van der Waals surface area contributed by atoms with Crippen molar-refractivity contribution in [3.05, 3.63) is 0 Å². The molecule has 1 saturated heterocycles. The Morgan fingerprint density at radius 2 is 1.33 bits per heavy atom. The van der Waals surface area contributed by atoms with E-state index in [0.29, 0.717) is 12.6 Å². The quantitative estimate of drug-likeness (QED) is 0.116. The van der Waals surface area contributed by atoms with Crippen molar-refractivity contribution in [3.8, 4) is 0 Å². The molecule has 33 heavy (non-hydrogen) atoms. The van der Waals surface area contributed by atoms with Crippen LogP contribution in [0.4, 0.5) is 0 Å². The molecule has 2 fully saturated rings. The highest BCUT2D eigenvalue weighted by Gasteiger charge is 2.53. The summed E-state index contributed by atoms with van der Waals surface area (Å²) in [4.78, 5) is 46.7. The van der Waals surface area contributed by atoms with Crippen LogP contribution in [0, 0.1) is 0 Å². The van der Waals surface area contributed by atoms with Gasteiger partial charge in [0.25, 0.3) is 0 Å². The second-order valence-corrected chi connectivity index (χ2v) is 8.67. The van der Waals surface area contributed by atoms with Gasteiger partial charge in [0.2, 0.25) is 0 Å². The zero-order valence-electron chi connectivity index (χ0n) is 19.9. The van der Waals surface area contributed by atoms with E-state index >= 15 is 0 Å². The van der Waals surface area contributed by atoms with Crippen molar-refractivity contribution in [2.45, 2.75) is 77.3 Å². The first-order valence-electron chi connectivity index (χ1n) is 10.7. The number of rotatable bonds is 10. The number of hydrogen-bond donors (Lipinski definition) is 0. The van der Waals surface area contributed by atoms with Crippen LogP contribution in [0.1, 0.15) is 40.5 Å². The van der Waals surface area contributed by atoms with E-state index in [1.165, 1.54) is 27.7 Å². The van der Waals surface area contributed by atoms with E-state index in [-0.39, 0.29) is 37.2 Å². The lowest BCUT2D eigenvalue weighted by molar-refractivity contribution is -0.901. The molecule has 12 heteroatoms. The van der Waals surface area contributed by atoms with Crippen molar-refractivity contribution in [2.75, 3.05) is 33.9 Å². The molecule has 1 aliphatic heterocycles. The maximum Gasteiger partial charge on any atom is 0.303 e. The maximum atomic E-state index is 11.8. The molecule has 1 saturated carbocycles. The van der Waals surface area contributed by atoms with Crippen molar-refractivity contribution < 1.29 is 76.1 Å². The van der Waals surface area contributed by atoms with Gasteiger partial charge in [-0.25, -0.2) is 0 Å². The Morgan fingerprint density at radius 1 is 0.818 bits per heavy atom. The number of quaternary nitrogens is 1. The molecule has 2 aliphatic rings. The third-order valence-electron chi connectivity index (χ3n) is 5.43. The molecule has 5 atom stereocenters. The SMILES string of the molecule is CC(=O)OC[C@H]1OC(OCC[N+](C)(C)C2CC2)[C@H](OC(C)=O)[C@@H](OC(C)=O)[C@@H]1OC(C)=O.[I-]. The number of hydrogen-bond acceptors (Lipinski definition) is 10. The fourth-order valence-corrected chi connectivity index (χ4v) is 3.68. The van der Waals surface area contributed by atoms with Gasteiger partial charge in [-0.3, -0.25) is 19.2 Å². The highest BCUT2D eigenvalue weighted by molar-refractivity contribution is 5.68. The molecule has 0 bridgehead atoms. The van der Waals surface area contributed by atoms with E-state index < -0.39 is 54.6 Å². The van der Waals surface area contributed by atoms with Crippen molar-refractivity contribution >= 4 is 23.9 Å². The predicted octanol–water partition coefficient (Wildman–Crippen LogP) is -2.67. The van der Waals surface area contributed by atoms with Gasteiger partial charge in [-0.1, -0.05) is 0 Å². The van der Waals surface area contributed by atoms with E-state index in [4.69, 9.17) is 28.4 Å². The molecule has 190 valence electrons. The summed E-state index contributed by atoms with van der Waals surface area (Å²) in [5.41, 5.74) is 0. The van der Waals surface area contributed by atoms with E-state index in [1.807, 2.05) is 0 Å². The Hall–Kier alpha value is -1.51. The van der Waals surface area contributed by atoms with Crippen LogP contribution in [0.15, 0.2) is 0 Å². The average Bonchev–Trinajstić information content (AvgIpc) is 3.49. The van der Waals surface area contributed by atoms with Crippen molar-refractivity contribution in [1.82, 2.24) is 0 Å². The molecule has 0 radical (unpaired) electrons. The standard InChI is InChI=1S/C21H34NO10.HI/c1-12(23)28-11-17-18(29-13(2)24)19(30-14(3)25)20(31-15(4)26)21(32-17)27-10-9-22(5,6)16-7-8-16;/h16-21H,7-11H2,1-6H3;1H/q+1;/p-1/t17-,18-,19+,20-,21?;/m1./s1. The van der Waals surface area contributed by atoms with Gasteiger partial charge in [-0.05, 0) is 0 Å². The molecule has 0 amide bonds. The molecule has 0 aromatic carbocycles. The molecular weight excluding hydrogens is 553 g/mol. The van der Waals surface area contributed by atoms with Crippen LogP contribution in [0.25, 0.3) is 0 Å². The summed E-state index contributed by atoms with van der Waals surface area (Å²) < 4.78 is 33.7. The first kappa shape index (κ1) is 29.5. The Balaban J connectivity index is 0.00000544. The summed E-state index contributed by atoms with van der Waals surface area (Å²) in [5, 5.41) is 0. The maximum absolute atomic E-state index is 11.8. The first-order chi connectivity index (χ1) is 14.9. The topological polar surface area (TPSA) is 124 Å². The van der Waals surface area contributed by atoms with Gasteiger partial charge < -0.3 is 56.9 Å². The smallest absolute Gasteiger partial charge is 0.303 e. The van der Waals surface area contributed by atoms with Gasteiger partial charge in [0, 0.05) is 40.5 Å². The van der Waals surface area contributed by atoms with Gasteiger partial charge >= 0.3 is 23.9 Å². The number of esters is 4. The number of carbonyl (C=O) groups excluding carboxylic acids is 4. The normalized spacial score (nSPS) is 27.0. The van der Waals surface area contributed by atoms with Crippen LogP contribution >= 0.6 is 0 Å². The summed E-state index contributed by atoms with van der Waals surface area (Å²) in [5.74, 6) is -2.57. The Bertz CT molecular complexity index is 711. The molecule has 1 heterocycles.